The molecule has 1 N–H and O–H groups in total. The number of benzene rings is 1. The van der Waals surface area contributed by atoms with E-state index in [1.807, 2.05) is 12.1 Å². The van der Waals surface area contributed by atoms with Crippen LogP contribution in [0, 0.1) is 5.92 Å². The van der Waals surface area contributed by atoms with Crippen LogP contribution < -0.4 is 4.74 Å². The molecular formula is C14H18ClNO3. The molecule has 1 heterocycles. The summed E-state index contributed by atoms with van der Waals surface area (Å²) in [5.74, 6) is -0.181. The molecule has 19 heavy (non-hydrogen) atoms. The fourth-order valence-corrected chi connectivity index (χ4v) is 2.49. The minimum atomic E-state index is -0.694. The van der Waals surface area contributed by atoms with Gasteiger partial charge < -0.3 is 9.84 Å². The number of nitrogens with zero attached hydrogens (tertiary/aromatic N) is 1. The third kappa shape index (κ3) is 4.40. The van der Waals surface area contributed by atoms with Crippen molar-refractivity contribution in [3.05, 3.63) is 29.3 Å². The maximum atomic E-state index is 11.0. The smallest absolute Gasteiger partial charge is 0.307 e. The second kappa shape index (κ2) is 6.78. The van der Waals surface area contributed by atoms with Gasteiger partial charge in [0.05, 0.1) is 5.92 Å². The van der Waals surface area contributed by atoms with Crippen molar-refractivity contribution < 1.29 is 14.6 Å². The molecule has 0 radical (unpaired) electrons. The minimum Gasteiger partial charge on any atom is -0.492 e. The number of hydrogen-bond acceptors (Lipinski definition) is 3. The molecule has 5 heteroatoms. The first kappa shape index (κ1) is 14.2. The topological polar surface area (TPSA) is 49.8 Å². The molecule has 104 valence electrons. The molecule has 1 atom stereocenters. The summed E-state index contributed by atoms with van der Waals surface area (Å²) in [5.41, 5.74) is 0. The van der Waals surface area contributed by atoms with Gasteiger partial charge in [-0.05, 0) is 37.6 Å². The Morgan fingerprint density at radius 1 is 1.53 bits per heavy atom. The molecule has 0 amide bonds. The van der Waals surface area contributed by atoms with Gasteiger partial charge >= 0.3 is 5.97 Å². The standard InChI is InChI=1S/C14H18ClNO3/c15-12-4-1-5-13(9-12)19-8-7-16-6-2-3-11(10-16)14(17)18/h1,4-5,9,11H,2-3,6-8,10H2,(H,17,18)/t11-/m0/s1. The van der Waals surface area contributed by atoms with Crippen molar-refractivity contribution in [3.8, 4) is 5.75 Å². The molecule has 1 aromatic carbocycles. The van der Waals surface area contributed by atoms with Gasteiger partial charge in [-0.1, -0.05) is 17.7 Å². The van der Waals surface area contributed by atoms with Crippen molar-refractivity contribution in [1.29, 1.82) is 0 Å². The van der Waals surface area contributed by atoms with Crippen molar-refractivity contribution in [1.82, 2.24) is 4.90 Å². The lowest BCUT2D eigenvalue weighted by Gasteiger charge is -2.30. The predicted molar refractivity (Wildman–Crippen MR) is 73.7 cm³/mol. The van der Waals surface area contributed by atoms with E-state index in [0.717, 1.165) is 31.7 Å². The number of carboxylic acid groups (broad SMARTS) is 1. The molecule has 4 nitrogen and oxygen atoms in total. The van der Waals surface area contributed by atoms with E-state index in [1.165, 1.54) is 0 Å². The third-order valence-electron chi connectivity index (χ3n) is 3.33. The van der Waals surface area contributed by atoms with Gasteiger partial charge in [-0.2, -0.15) is 0 Å². The van der Waals surface area contributed by atoms with E-state index in [-0.39, 0.29) is 5.92 Å². The molecule has 0 saturated carbocycles. The zero-order valence-electron chi connectivity index (χ0n) is 10.7. The average molecular weight is 284 g/mol. The van der Waals surface area contributed by atoms with Crippen LogP contribution in [-0.2, 0) is 4.79 Å². The molecule has 0 aromatic heterocycles. The zero-order valence-corrected chi connectivity index (χ0v) is 11.5. The maximum absolute atomic E-state index is 11.0. The number of hydrogen-bond donors (Lipinski definition) is 1. The van der Waals surface area contributed by atoms with E-state index in [1.54, 1.807) is 12.1 Å². The zero-order chi connectivity index (χ0) is 13.7. The van der Waals surface area contributed by atoms with Gasteiger partial charge in [-0.15, -0.1) is 0 Å². The minimum absolute atomic E-state index is 0.236. The van der Waals surface area contributed by atoms with Gasteiger partial charge in [0.25, 0.3) is 0 Å². The average Bonchev–Trinajstić information content (AvgIpc) is 2.39. The number of ether oxygens (including phenoxy) is 1. The van der Waals surface area contributed by atoms with Crippen LogP contribution in [0.3, 0.4) is 0 Å². The van der Waals surface area contributed by atoms with Crippen LogP contribution in [0.4, 0.5) is 0 Å². The normalized spacial score (nSPS) is 20.2. The second-order valence-electron chi connectivity index (χ2n) is 4.78. The van der Waals surface area contributed by atoms with Crippen LogP contribution in [-0.4, -0.2) is 42.2 Å². The van der Waals surface area contributed by atoms with E-state index in [2.05, 4.69) is 4.90 Å². The Morgan fingerprint density at radius 2 is 2.37 bits per heavy atom. The Kier molecular flexibility index (Phi) is 5.05. The second-order valence-corrected chi connectivity index (χ2v) is 5.22. The number of carbonyl (C=O) groups is 1. The van der Waals surface area contributed by atoms with Crippen molar-refractivity contribution in [3.63, 3.8) is 0 Å². The molecule has 1 aromatic rings. The Morgan fingerprint density at radius 3 is 3.11 bits per heavy atom. The molecule has 1 aliphatic rings. The van der Waals surface area contributed by atoms with Crippen molar-refractivity contribution in [2.75, 3.05) is 26.2 Å². The molecule has 0 aliphatic carbocycles. The number of halogens is 1. The molecule has 2 rings (SSSR count). The fourth-order valence-electron chi connectivity index (χ4n) is 2.31. The molecule has 1 fully saturated rings. The monoisotopic (exact) mass is 283 g/mol. The number of rotatable bonds is 5. The van der Waals surface area contributed by atoms with Crippen LogP contribution in [0.25, 0.3) is 0 Å². The number of aliphatic carboxylic acids is 1. The highest BCUT2D eigenvalue weighted by molar-refractivity contribution is 6.30. The predicted octanol–water partition coefficient (Wildman–Crippen LogP) is 2.52. The Labute approximate surface area is 117 Å². The fraction of sp³-hybridized carbons (Fsp3) is 0.500. The SMILES string of the molecule is O=C(O)[C@H]1CCCN(CCOc2cccc(Cl)c2)C1. The van der Waals surface area contributed by atoms with Crippen LogP contribution in [0.1, 0.15) is 12.8 Å². The van der Waals surface area contributed by atoms with E-state index in [0.29, 0.717) is 18.2 Å². The first-order valence-corrected chi connectivity index (χ1v) is 6.86. The van der Waals surface area contributed by atoms with Gasteiger partial charge in [0, 0.05) is 18.1 Å². The molecule has 0 spiro atoms. The van der Waals surface area contributed by atoms with Gasteiger partial charge in [-0.3, -0.25) is 9.69 Å². The Bertz CT molecular complexity index is 438. The van der Waals surface area contributed by atoms with Crippen molar-refractivity contribution in [2.24, 2.45) is 5.92 Å². The lowest BCUT2D eigenvalue weighted by Crippen LogP contribution is -2.40. The van der Waals surface area contributed by atoms with E-state index < -0.39 is 5.97 Å². The highest BCUT2D eigenvalue weighted by atomic mass is 35.5. The largest absolute Gasteiger partial charge is 0.492 e. The summed E-state index contributed by atoms with van der Waals surface area (Å²) in [6, 6.07) is 7.29. The van der Waals surface area contributed by atoms with Crippen molar-refractivity contribution >= 4 is 17.6 Å². The van der Waals surface area contributed by atoms with Crippen LogP contribution >= 0.6 is 11.6 Å². The van der Waals surface area contributed by atoms with Gasteiger partial charge in [0.2, 0.25) is 0 Å². The molecule has 0 unspecified atom stereocenters. The number of carboxylic acids is 1. The lowest BCUT2D eigenvalue weighted by molar-refractivity contribution is -0.143. The van der Waals surface area contributed by atoms with Gasteiger partial charge in [-0.25, -0.2) is 0 Å². The maximum Gasteiger partial charge on any atom is 0.307 e. The number of piperidine rings is 1. The molecule has 1 saturated heterocycles. The Hall–Kier alpha value is -1.26. The summed E-state index contributed by atoms with van der Waals surface area (Å²) >= 11 is 5.87. The highest BCUT2D eigenvalue weighted by Crippen LogP contribution is 2.18. The van der Waals surface area contributed by atoms with Crippen molar-refractivity contribution in [2.45, 2.75) is 12.8 Å². The third-order valence-corrected chi connectivity index (χ3v) is 3.56. The lowest BCUT2D eigenvalue weighted by atomic mass is 9.98. The molecule has 1 aliphatic heterocycles. The van der Waals surface area contributed by atoms with Gasteiger partial charge in [0.15, 0.2) is 0 Å². The summed E-state index contributed by atoms with van der Waals surface area (Å²) < 4.78 is 5.61. The van der Waals surface area contributed by atoms with Crippen LogP contribution in [0.2, 0.25) is 5.02 Å². The molecule has 0 bridgehead atoms. The first-order valence-electron chi connectivity index (χ1n) is 6.48. The quantitative estimate of drug-likeness (QED) is 0.902. The Balaban J connectivity index is 1.75. The summed E-state index contributed by atoms with van der Waals surface area (Å²) in [5, 5.41) is 9.67. The highest BCUT2D eigenvalue weighted by Gasteiger charge is 2.24. The van der Waals surface area contributed by atoms with Crippen LogP contribution in [0.15, 0.2) is 24.3 Å². The van der Waals surface area contributed by atoms with E-state index in [4.69, 9.17) is 21.4 Å². The summed E-state index contributed by atoms with van der Waals surface area (Å²) in [7, 11) is 0. The van der Waals surface area contributed by atoms with Crippen LogP contribution in [0.5, 0.6) is 5.75 Å². The van der Waals surface area contributed by atoms with Gasteiger partial charge in [0.1, 0.15) is 12.4 Å². The number of likely N-dealkylation sites (tertiary alicyclic amines) is 1. The van der Waals surface area contributed by atoms with E-state index >= 15 is 0 Å². The summed E-state index contributed by atoms with van der Waals surface area (Å²) in [4.78, 5) is 13.1. The summed E-state index contributed by atoms with van der Waals surface area (Å²) in [6.45, 7) is 2.86. The molecular weight excluding hydrogens is 266 g/mol. The summed E-state index contributed by atoms with van der Waals surface area (Å²) in [6.07, 6.45) is 1.72. The first-order chi connectivity index (χ1) is 9.15. The van der Waals surface area contributed by atoms with E-state index in [9.17, 15) is 4.79 Å².